The molecular weight excluding hydrogens is 302 g/mol. The highest BCUT2D eigenvalue weighted by Gasteiger charge is 2.31. The second kappa shape index (κ2) is 5.76. The molecule has 7 nitrogen and oxygen atoms in total. The number of likely N-dealkylation sites (tertiary alicyclic amines) is 1. The fourth-order valence-electron chi connectivity index (χ4n) is 2.24. The van der Waals surface area contributed by atoms with E-state index in [4.69, 9.17) is 5.11 Å². The summed E-state index contributed by atoms with van der Waals surface area (Å²) in [5.41, 5.74) is 0.818. The van der Waals surface area contributed by atoms with Crippen LogP contribution < -0.4 is 4.72 Å². The van der Waals surface area contributed by atoms with Crippen LogP contribution in [0.3, 0.4) is 0 Å². The molecule has 2 unspecified atom stereocenters. The van der Waals surface area contributed by atoms with Gasteiger partial charge in [-0.05, 0) is 33.4 Å². The van der Waals surface area contributed by atoms with E-state index < -0.39 is 21.7 Å². The van der Waals surface area contributed by atoms with Gasteiger partial charge in [0.05, 0.1) is 5.51 Å². The van der Waals surface area contributed by atoms with Crippen LogP contribution in [0.5, 0.6) is 0 Å². The highest BCUT2D eigenvalue weighted by Crippen LogP contribution is 2.23. The zero-order chi connectivity index (χ0) is 14.9. The van der Waals surface area contributed by atoms with Crippen LogP contribution in [0, 0.1) is 0 Å². The molecule has 0 bridgehead atoms. The Morgan fingerprint density at radius 3 is 2.90 bits per heavy atom. The summed E-state index contributed by atoms with van der Waals surface area (Å²) in [5.74, 6) is -1.33. The Bertz CT molecular complexity index is 599. The van der Waals surface area contributed by atoms with Gasteiger partial charge in [-0.15, -0.1) is 11.3 Å². The van der Waals surface area contributed by atoms with Crippen LogP contribution in [0.2, 0.25) is 0 Å². The maximum atomic E-state index is 12.3. The first-order valence-electron chi connectivity index (χ1n) is 6.20. The number of nitrogens with one attached hydrogen (secondary N) is 1. The lowest BCUT2D eigenvalue weighted by molar-refractivity contribution is 0.0687. The van der Waals surface area contributed by atoms with Gasteiger partial charge in [0.2, 0.25) is 0 Å². The predicted molar refractivity (Wildman–Crippen MR) is 74.5 cm³/mol. The Morgan fingerprint density at radius 2 is 2.30 bits per heavy atom. The first kappa shape index (κ1) is 15.4. The number of hydrogen-bond acceptors (Lipinski definition) is 6. The Morgan fingerprint density at radius 1 is 1.60 bits per heavy atom. The van der Waals surface area contributed by atoms with Gasteiger partial charge in [-0.3, -0.25) is 0 Å². The van der Waals surface area contributed by atoms with Gasteiger partial charge >= 0.3 is 5.97 Å². The van der Waals surface area contributed by atoms with E-state index >= 15 is 0 Å². The zero-order valence-corrected chi connectivity index (χ0v) is 12.9. The van der Waals surface area contributed by atoms with E-state index in [1.807, 2.05) is 14.0 Å². The lowest BCUT2D eigenvalue weighted by Crippen LogP contribution is -2.47. The molecule has 2 rings (SSSR count). The van der Waals surface area contributed by atoms with Gasteiger partial charge in [0, 0.05) is 12.1 Å². The highest BCUT2D eigenvalue weighted by molar-refractivity contribution is 7.91. The monoisotopic (exact) mass is 319 g/mol. The SMILES string of the molecule is CC1CC(NS(=O)(=O)c2scnc2C(=O)O)CCN1C. The standard InChI is InChI=1S/C11H17N3O4S2/c1-7-5-8(3-4-14(7)2)13-20(17,18)11-9(10(15)16)12-6-19-11/h6-8,13H,3-5H2,1-2H3,(H,15,16). The van der Waals surface area contributed by atoms with Crippen LogP contribution in [0.25, 0.3) is 0 Å². The van der Waals surface area contributed by atoms with Crippen molar-refractivity contribution in [3.05, 3.63) is 11.2 Å². The minimum Gasteiger partial charge on any atom is -0.476 e. The predicted octanol–water partition coefficient (Wildman–Crippen LogP) is 0.602. The summed E-state index contributed by atoms with van der Waals surface area (Å²) < 4.78 is 26.9. The van der Waals surface area contributed by atoms with Crippen LogP contribution in [0.4, 0.5) is 0 Å². The summed E-state index contributed by atoms with van der Waals surface area (Å²) in [4.78, 5) is 16.7. The van der Waals surface area contributed by atoms with E-state index in [-0.39, 0.29) is 16.3 Å². The summed E-state index contributed by atoms with van der Waals surface area (Å²) in [7, 11) is -1.83. The molecule has 2 atom stereocenters. The van der Waals surface area contributed by atoms with E-state index in [9.17, 15) is 13.2 Å². The lowest BCUT2D eigenvalue weighted by atomic mass is 10.0. The molecular formula is C11H17N3O4S2. The maximum Gasteiger partial charge on any atom is 0.356 e. The first-order chi connectivity index (χ1) is 9.31. The van der Waals surface area contributed by atoms with Crippen LogP contribution in [0.1, 0.15) is 30.3 Å². The van der Waals surface area contributed by atoms with Gasteiger partial charge in [0.15, 0.2) is 9.90 Å². The number of hydrogen-bond donors (Lipinski definition) is 2. The Kier molecular flexibility index (Phi) is 4.43. The number of carboxylic acids is 1. The molecule has 0 aromatic carbocycles. The van der Waals surface area contributed by atoms with Gasteiger partial charge in [-0.1, -0.05) is 0 Å². The van der Waals surface area contributed by atoms with Crippen molar-refractivity contribution in [2.24, 2.45) is 0 Å². The molecule has 9 heteroatoms. The zero-order valence-electron chi connectivity index (χ0n) is 11.2. The van der Waals surface area contributed by atoms with Gasteiger partial charge in [0.25, 0.3) is 10.0 Å². The smallest absolute Gasteiger partial charge is 0.356 e. The van der Waals surface area contributed by atoms with Gasteiger partial charge in [0.1, 0.15) is 0 Å². The number of carbonyl (C=O) groups is 1. The molecule has 0 saturated carbocycles. The van der Waals surface area contributed by atoms with E-state index in [0.717, 1.165) is 17.9 Å². The molecule has 2 N–H and O–H groups in total. The van der Waals surface area contributed by atoms with Gasteiger partial charge in [-0.25, -0.2) is 22.9 Å². The van der Waals surface area contributed by atoms with Crippen molar-refractivity contribution in [2.75, 3.05) is 13.6 Å². The molecule has 0 spiro atoms. The minimum absolute atomic E-state index is 0.171. The van der Waals surface area contributed by atoms with Crippen LogP contribution in [-0.2, 0) is 10.0 Å². The molecule has 1 aromatic rings. The maximum absolute atomic E-state index is 12.3. The Balaban J connectivity index is 2.15. The number of aromatic carboxylic acids is 1. The summed E-state index contributed by atoms with van der Waals surface area (Å²) in [6, 6.07) is 0.117. The van der Waals surface area contributed by atoms with Crippen molar-refractivity contribution in [3.8, 4) is 0 Å². The van der Waals surface area contributed by atoms with Crippen molar-refractivity contribution in [3.63, 3.8) is 0 Å². The Labute approximate surface area is 121 Å². The Hall–Kier alpha value is -1.03. The topological polar surface area (TPSA) is 99.6 Å². The normalized spacial score (nSPS) is 24.7. The highest BCUT2D eigenvalue weighted by atomic mass is 32.2. The van der Waals surface area contributed by atoms with E-state index in [1.165, 1.54) is 5.51 Å². The fourth-order valence-corrected chi connectivity index (χ4v) is 4.68. The van der Waals surface area contributed by atoms with Crippen molar-refractivity contribution in [2.45, 2.75) is 36.1 Å². The molecule has 0 radical (unpaired) electrons. The van der Waals surface area contributed by atoms with Gasteiger partial charge in [-0.2, -0.15) is 0 Å². The lowest BCUT2D eigenvalue weighted by Gasteiger charge is -2.35. The van der Waals surface area contributed by atoms with Crippen molar-refractivity contribution >= 4 is 27.3 Å². The van der Waals surface area contributed by atoms with E-state index in [1.54, 1.807) is 0 Å². The van der Waals surface area contributed by atoms with E-state index in [0.29, 0.717) is 12.8 Å². The number of piperidine rings is 1. The fraction of sp³-hybridized carbons (Fsp3) is 0.636. The van der Waals surface area contributed by atoms with Crippen LogP contribution in [-0.4, -0.2) is 55.1 Å². The molecule has 1 saturated heterocycles. The number of thiazole rings is 1. The number of nitrogens with zero attached hydrogens (tertiary/aromatic N) is 2. The summed E-state index contributed by atoms with van der Waals surface area (Å²) >= 11 is 0.822. The third-order valence-corrected chi connectivity index (χ3v) is 6.40. The molecule has 112 valence electrons. The molecule has 0 amide bonds. The third kappa shape index (κ3) is 3.17. The first-order valence-corrected chi connectivity index (χ1v) is 8.57. The molecule has 1 aliphatic rings. The van der Waals surface area contributed by atoms with Crippen molar-refractivity contribution < 1.29 is 18.3 Å². The number of carboxylic acid groups (broad SMARTS) is 1. The average molecular weight is 319 g/mol. The molecule has 20 heavy (non-hydrogen) atoms. The quantitative estimate of drug-likeness (QED) is 0.843. The van der Waals surface area contributed by atoms with Crippen molar-refractivity contribution in [1.29, 1.82) is 0 Å². The largest absolute Gasteiger partial charge is 0.476 e. The summed E-state index contributed by atoms with van der Waals surface area (Å²) in [5, 5.41) is 8.95. The molecule has 1 aliphatic heterocycles. The second-order valence-corrected chi connectivity index (χ2v) is 7.73. The van der Waals surface area contributed by atoms with Crippen molar-refractivity contribution in [1.82, 2.24) is 14.6 Å². The summed E-state index contributed by atoms with van der Waals surface area (Å²) in [6.45, 7) is 2.85. The molecule has 0 aliphatic carbocycles. The van der Waals surface area contributed by atoms with Gasteiger partial charge < -0.3 is 10.0 Å². The minimum atomic E-state index is -3.83. The van der Waals surface area contributed by atoms with E-state index in [2.05, 4.69) is 14.6 Å². The van der Waals surface area contributed by atoms with Crippen LogP contribution >= 0.6 is 11.3 Å². The van der Waals surface area contributed by atoms with Crippen LogP contribution in [0.15, 0.2) is 9.72 Å². The number of sulfonamides is 1. The number of rotatable bonds is 4. The third-order valence-electron chi connectivity index (χ3n) is 3.51. The molecule has 1 fully saturated rings. The molecule has 1 aromatic heterocycles. The number of aromatic nitrogens is 1. The summed E-state index contributed by atoms with van der Waals surface area (Å²) in [6.07, 6.45) is 1.41. The second-order valence-electron chi connectivity index (χ2n) is 4.97. The molecule has 2 heterocycles. The average Bonchev–Trinajstić information content (AvgIpc) is 2.83.